The summed E-state index contributed by atoms with van der Waals surface area (Å²) in [5.74, 6) is 1.53. The first-order valence-corrected chi connectivity index (χ1v) is 9.13. The average molecular weight is 387 g/mol. The number of amides is 1. The van der Waals surface area contributed by atoms with Gasteiger partial charge in [-0.25, -0.2) is 9.78 Å². The molecule has 1 amide bonds. The van der Waals surface area contributed by atoms with E-state index in [4.69, 9.17) is 4.74 Å². The van der Waals surface area contributed by atoms with Gasteiger partial charge in [-0.15, -0.1) is 0 Å². The van der Waals surface area contributed by atoms with Gasteiger partial charge in [0.15, 0.2) is 5.96 Å². The minimum atomic E-state index is -0.519. The zero-order valence-corrected chi connectivity index (χ0v) is 17.1. The maximum Gasteiger partial charge on any atom is 0.412 e. The molecule has 0 saturated heterocycles. The van der Waals surface area contributed by atoms with Crippen molar-refractivity contribution in [1.29, 1.82) is 0 Å². The summed E-state index contributed by atoms with van der Waals surface area (Å²) in [7, 11) is 3.57. The molecule has 9 heteroatoms. The van der Waals surface area contributed by atoms with Crippen LogP contribution in [0.3, 0.4) is 0 Å². The Kier molecular flexibility index (Phi) is 7.36. The number of hydrogen-bond acceptors (Lipinski definition) is 5. The highest BCUT2D eigenvalue weighted by atomic mass is 16.6. The minimum Gasteiger partial charge on any atom is -0.444 e. The predicted octanol–water partition coefficient (Wildman–Crippen LogP) is 2.07. The highest BCUT2D eigenvalue weighted by Gasteiger charge is 2.16. The van der Waals surface area contributed by atoms with Gasteiger partial charge >= 0.3 is 6.09 Å². The molecule has 2 rings (SSSR count). The molecule has 152 valence electrons. The Bertz CT molecular complexity index is 791. The molecule has 0 aliphatic heterocycles. The number of nitrogens with zero attached hydrogens (tertiary/aromatic N) is 4. The highest BCUT2D eigenvalue weighted by Crippen LogP contribution is 2.13. The van der Waals surface area contributed by atoms with Crippen molar-refractivity contribution in [3.63, 3.8) is 0 Å². The summed E-state index contributed by atoms with van der Waals surface area (Å²) >= 11 is 0. The smallest absolute Gasteiger partial charge is 0.412 e. The third kappa shape index (κ3) is 7.26. The molecule has 1 aromatic carbocycles. The van der Waals surface area contributed by atoms with Gasteiger partial charge in [0.25, 0.3) is 0 Å². The SMILES string of the molecule is CN=C(NCCc1ccc(NC(=O)OC(C)(C)C)cc1)NCc1ncnn1C. The number of nitrogens with one attached hydrogen (secondary N) is 3. The molecular weight excluding hydrogens is 358 g/mol. The molecule has 1 heterocycles. The molecule has 1 aromatic heterocycles. The van der Waals surface area contributed by atoms with E-state index < -0.39 is 11.7 Å². The van der Waals surface area contributed by atoms with Crippen molar-refractivity contribution in [3.05, 3.63) is 42.0 Å². The zero-order valence-electron chi connectivity index (χ0n) is 17.1. The van der Waals surface area contributed by atoms with Gasteiger partial charge in [0.2, 0.25) is 0 Å². The molecule has 0 radical (unpaired) electrons. The predicted molar refractivity (Wildman–Crippen MR) is 109 cm³/mol. The summed E-state index contributed by atoms with van der Waals surface area (Å²) in [6, 6.07) is 7.68. The summed E-state index contributed by atoms with van der Waals surface area (Å²) < 4.78 is 6.96. The molecule has 0 bridgehead atoms. The van der Waals surface area contributed by atoms with Crippen molar-refractivity contribution in [1.82, 2.24) is 25.4 Å². The van der Waals surface area contributed by atoms with E-state index in [0.29, 0.717) is 18.2 Å². The van der Waals surface area contributed by atoms with Crippen molar-refractivity contribution >= 4 is 17.7 Å². The van der Waals surface area contributed by atoms with Gasteiger partial charge in [0, 0.05) is 26.3 Å². The van der Waals surface area contributed by atoms with Crippen LogP contribution >= 0.6 is 0 Å². The molecule has 2 aromatic rings. The number of aliphatic imine (C=N–C) groups is 1. The van der Waals surface area contributed by atoms with E-state index in [0.717, 1.165) is 24.4 Å². The molecule has 28 heavy (non-hydrogen) atoms. The van der Waals surface area contributed by atoms with Gasteiger partial charge in [0.05, 0.1) is 6.54 Å². The van der Waals surface area contributed by atoms with E-state index in [-0.39, 0.29) is 0 Å². The quantitative estimate of drug-likeness (QED) is 0.518. The van der Waals surface area contributed by atoms with Gasteiger partial charge in [-0.1, -0.05) is 12.1 Å². The average Bonchev–Trinajstić information content (AvgIpc) is 3.02. The Hall–Kier alpha value is -3.10. The van der Waals surface area contributed by atoms with Crippen molar-refractivity contribution in [2.75, 3.05) is 18.9 Å². The molecule has 0 aliphatic carbocycles. The van der Waals surface area contributed by atoms with Crippen molar-refractivity contribution in [2.24, 2.45) is 12.0 Å². The summed E-state index contributed by atoms with van der Waals surface area (Å²) in [5.41, 5.74) is 1.33. The lowest BCUT2D eigenvalue weighted by Gasteiger charge is -2.19. The number of aromatic nitrogens is 3. The largest absolute Gasteiger partial charge is 0.444 e. The van der Waals surface area contributed by atoms with Crippen LogP contribution in [0.25, 0.3) is 0 Å². The standard InChI is InChI=1S/C19H29N7O2/c1-19(2,3)28-18(27)25-15-8-6-14(7-9-15)10-11-21-17(20-4)22-12-16-23-13-24-26(16)5/h6-9,13H,10-12H2,1-5H3,(H,25,27)(H2,20,21,22). The molecule has 0 fully saturated rings. The fourth-order valence-electron chi connectivity index (χ4n) is 2.37. The van der Waals surface area contributed by atoms with E-state index in [1.54, 1.807) is 11.7 Å². The minimum absolute atomic E-state index is 0.459. The first-order chi connectivity index (χ1) is 13.3. The third-order valence-corrected chi connectivity index (χ3v) is 3.75. The van der Waals surface area contributed by atoms with Gasteiger partial charge in [-0.2, -0.15) is 5.10 Å². The lowest BCUT2D eigenvalue weighted by Crippen LogP contribution is -2.38. The van der Waals surface area contributed by atoms with Gasteiger partial charge in [-0.05, 0) is 44.9 Å². The van der Waals surface area contributed by atoms with Crippen LogP contribution in [0, 0.1) is 0 Å². The first kappa shape index (κ1) is 21.2. The van der Waals surface area contributed by atoms with Crippen LogP contribution in [-0.2, 0) is 24.8 Å². The monoisotopic (exact) mass is 387 g/mol. The van der Waals surface area contributed by atoms with Crippen LogP contribution in [0.2, 0.25) is 0 Å². The van der Waals surface area contributed by atoms with Crippen molar-refractivity contribution < 1.29 is 9.53 Å². The second-order valence-electron chi connectivity index (χ2n) is 7.23. The number of aryl methyl sites for hydroxylation is 1. The lowest BCUT2D eigenvalue weighted by molar-refractivity contribution is 0.0636. The summed E-state index contributed by atoms with van der Waals surface area (Å²) in [6.45, 7) is 6.76. The normalized spacial score (nSPS) is 11.8. The van der Waals surface area contributed by atoms with E-state index in [2.05, 4.69) is 31.0 Å². The zero-order chi connectivity index (χ0) is 20.6. The highest BCUT2D eigenvalue weighted by molar-refractivity contribution is 5.84. The number of carbonyl (C=O) groups excluding carboxylic acids is 1. The van der Waals surface area contributed by atoms with Crippen molar-refractivity contribution in [3.8, 4) is 0 Å². The number of guanidine groups is 1. The summed E-state index contributed by atoms with van der Waals surface area (Å²) in [5, 5.41) is 13.2. The Labute approximate surface area is 165 Å². The van der Waals surface area contributed by atoms with Crippen LogP contribution in [0.1, 0.15) is 32.2 Å². The Morgan fingerprint density at radius 3 is 2.50 bits per heavy atom. The second kappa shape index (κ2) is 9.72. The molecule has 3 N–H and O–H groups in total. The first-order valence-electron chi connectivity index (χ1n) is 9.13. The fraction of sp³-hybridized carbons (Fsp3) is 0.474. The van der Waals surface area contributed by atoms with E-state index >= 15 is 0 Å². The van der Waals surface area contributed by atoms with Crippen LogP contribution < -0.4 is 16.0 Å². The Morgan fingerprint density at radius 1 is 1.21 bits per heavy atom. The number of benzene rings is 1. The number of carbonyl (C=O) groups is 1. The van der Waals surface area contributed by atoms with Gasteiger partial charge in [0.1, 0.15) is 17.8 Å². The number of hydrogen-bond donors (Lipinski definition) is 3. The van der Waals surface area contributed by atoms with Crippen LogP contribution in [0.4, 0.5) is 10.5 Å². The number of ether oxygens (including phenoxy) is 1. The maximum absolute atomic E-state index is 11.8. The van der Waals surface area contributed by atoms with Gasteiger partial charge < -0.3 is 15.4 Å². The van der Waals surface area contributed by atoms with Crippen LogP contribution in [0.5, 0.6) is 0 Å². The fourth-order valence-corrected chi connectivity index (χ4v) is 2.37. The topological polar surface area (TPSA) is 105 Å². The van der Waals surface area contributed by atoms with E-state index in [1.165, 1.54) is 6.33 Å². The molecule has 0 aliphatic rings. The Morgan fingerprint density at radius 2 is 1.93 bits per heavy atom. The van der Waals surface area contributed by atoms with Crippen molar-refractivity contribution in [2.45, 2.75) is 39.3 Å². The summed E-state index contributed by atoms with van der Waals surface area (Å²) in [4.78, 5) is 20.2. The molecule has 0 atom stereocenters. The molecule has 0 saturated carbocycles. The second-order valence-corrected chi connectivity index (χ2v) is 7.23. The van der Waals surface area contributed by atoms with Crippen LogP contribution in [-0.4, -0.2) is 46.0 Å². The van der Waals surface area contributed by atoms with E-state index in [1.807, 2.05) is 52.1 Å². The van der Waals surface area contributed by atoms with Crippen LogP contribution in [0.15, 0.2) is 35.6 Å². The molecule has 9 nitrogen and oxygen atoms in total. The van der Waals surface area contributed by atoms with E-state index in [9.17, 15) is 4.79 Å². The Balaban J connectivity index is 1.74. The maximum atomic E-state index is 11.8. The summed E-state index contributed by atoms with van der Waals surface area (Å²) in [6.07, 6.45) is 1.88. The lowest BCUT2D eigenvalue weighted by atomic mass is 10.1. The third-order valence-electron chi connectivity index (χ3n) is 3.75. The number of rotatable bonds is 6. The van der Waals surface area contributed by atoms with Gasteiger partial charge in [-0.3, -0.25) is 15.0 Å². The number of anilines is 1. The molecule has 0 unspecified atom stereocenters. The molecule has 0 spiro atoms. The molecular formula is C19H29N7O2.